The number of nitrogens with one attached hydrogen (secondary N) is 1. The van der Waals surface area contributed by atoms with E-state index < -0.39 is 6.04 Å². The zero-order valence-corrected chi connectivity index (χ0v) is 12.5. The van der Waals surface area contributed by atoms with Crippen LogP contribution >= 0.6 is 0 Å². The Morgan fingerprint density at radius 2 is 2.00 bits per heavy atom. The molecule has 1 atom stereocenters. The van der Waals surface area contributed by atoms with E-state index in [2.05, 4.69) is 51.2 Å². The summed E-state index contributed by atoms with van der Waals surface area (Å²) in [5, 5.41) is 2.92. The van der Waals surface area contributed by atoms with Gasteiger partial charge in [0.2, 0.25) is 5.91 Å². The van der Waals surface area contributed by atoms with Crippen molar-refractivity contribution in [1.29, 1.82) is 0 Å². The summed E-state index contributed by atoms with van der Waals surface area (Å²) < 4.78 is 0. The smallest absolute Gasteiger partial charge is 0.236 e. The van der Waals surface area contributed by atoms with Crippen LogP contribution in [0.2, 0.25) is 0 Å². The molecule has 3 heteroatoms. The van der Waals surface area contributed by atoms with Crippen LogP contribution < -0.4 is 11.1 Å². The van der Waals surface area contributed by atoms with Crippen LogP contribution in [0.4, 0.5) is 0 Å². The predicted molar refractivity (Wildman–Crippen MR) is 80.1 cm³/mol. The van der Waals surface area contributed by atoms with Gasteiger partial charge in [-0.05, 0) is 43.7 Å². The third-order valence-corrected chi connectivity index (χ3v) is 3.26. The summed E-state index contributed by atoms with van der Waals surface area (Å²) in [4.78, 5) is 11.8. The first-order valence-electron chi connectivity index (χ1n) is 6.99. The lowest BCUT2D eigenvalue weighted by Gasteiger charge is -2.14. The topological polar surface area (TPSA) is 55.1 Å². The quantitative estimate of drug-likeness (QED) is 0.826. The van der Waals surface area contributed by atoms with Gasteiger partial charge in [-0.1, -0.05) is 37.6 Å². The standard InChI is InChI=1S/C16H26N2O/c1-11(2)9-15(17)16(19)18-8-7-14-10-12(3)5-6-13(14)4/h5-6,10-11,15H,7-9,17H2,1-4H3,(H,18,19). The summed E-state index contributed by atoms with van der Waals surface area (Å²) >= 11 is 0. The second-order valence-corrected chi connectivity index (χ2v) is 5.71. The van der Waals surface area contributed by atoms with E-state index in [-0.39, 0.29) is 5.91 Å². The fraction of sp³-hybridized carbons (Fsp3) is 0.562. The number of hydrogen-bond acceptors (Lipinski definition) is 2. The fourth-order valence-corrected chi connectivity index (χ4v) is 2.14. The highest BCUT2D eigenvalue weighted by Crippen LogP contribution is 2.10. The number of aryl methyl sites for hydroxylation is 2. The van der Waals surface area contributed by atoms with Crippen molar-refractivity contribution in [3.8, 4) is 0 Å². The average molecular weight is 262 g/mol. The molecule has 1 amide bonds. The molecule has 0 spiro atoms. The molecule has 19 heavy (non-hydrogen) atoms. The average Bonchev–Trinajstić information content (AvgIpc) is 2.32. The number of carbonyl (C=O) groups is 1. The van der Waals surface area contributed by atoms with Crippen molar-refractivity contribution in [1.82, 2.24) is 5.32 Å². The number of rotatable bonds is 6. The van der Waals surface area contributed by atoms with Crippen molar-refractivity contribution in [3.63, 3.8) is 0 Å². The van der Waals surface area contributed by atoms with Crippen molar-refractivity contribution < 1.29 is 4.79 Å². The molecule has 0 fully saturated rings. The second kappa shape index (κ2) is 7.29. The third-order valence-electron chi connectivity index (χ3n) is 3.26. The highest BCUT2D eigenvalue weighted by molar-refractivity contribution is 5.81. The zero-order valence-electron chi connectivity index (χ0n) is 12.5. The Labute approximate surface area is 116 Å². The number of amides is 1. The van der Waals surface area contributed by atoms with Gasteiger partial charge >= 0.3 is 0 Å². The van der Waals surface area contributed by atoms with Gasteiger partial charge in [0.1, 0.15) is 0 Å². The summed E-state index contributed by atoms with van der Waals surface area (Å²) in [6.45, 7) is 8.97. The van der Waals surface area contributed by atoms with Gasteiger partial charge < -0.3 is 11.1 Å². The van der Waals surface area contributed by atoms with E-state index in [1.807, 2.05) is 0 Å². The molecule has 1 unspecified atom stereocenters. The highest BCUT2D eigenvalue weighted by atomic mass is 16.2. The molecule has 0 heterocycles. The van der Waals surface area contributed by atoms with Gasteiger partial charge in [-0.25, -0.2) is 0 Å². The van der Waals surface area contributed by atoms with Crippen molar-refractivity contribution >= 4 is 5.91 Å². The first kappa shape index (κ1) is 15.7. The molecule has 0 aliphatic carbocycles. The molecule has 1 aromatic carbocycles. The molecule has 1 aromatic rings. The first-order chi connectivity index (χ1) is 8.90. The molecule has 0 aliphatic rings. The van der Waals surface area contributed by atoms with E-state index in [1.54, 1.807) is 0 Å². The maximum Gasteiger partial charge on any atom is 0.236 e. The molecule has 0 saturated heterocycles. The Morgan fingerprint density at radius 3 is 2.63 bits per heavy atom. The van der Waals surface area contributed by atoms with E-state index in [1.165, 1.54) is 16.7 Å². The van der Waals surface area contributed by atoms with Crippen molar-refractivity contribution in [2.24, 2.45) is 11.7 Å². The molecule has 3 N–H and O–H groups in total. The lowest BCUT2D eigenvalue weighted by atomic mass is 10.0. The van der Waals surface area contributed by atoms with Crippen molar-refractivity contribution in [3.05, 3.63) is 34.9 Å². The van der Waals surface area contributed by atoms with Crippen LogP contribution in [0.1, 0.15) is 37.0 Å². The summed E-state index contributed by atoms with van der Waals surface area (Å²) in [7, 11) is 0. The Balaban J connectivity index is 2.41. The molecular formula is C16H26N2O. The number of hydrogen-bond donors (Lipinski definition) is 2. The minimum atomic E-state index is -0.390. The molecule has 106 valence electrons. The maximum absolute atomic E-state index is 11.8. The number of nitrogens with two attached hydrogens (primary N) is 1. The molecule has 3 nitrogen and oxygen atoms in total. The minimum absolute atomic E-state index is 0.0426. The molecular weight excluding hydrogens is 236 g/mol. The summed E-state index contributed by atoms with van der Waals surface area (Å²) in [6.07, 6.45) is 1.59. The SMILES string of the molecule is Cc1ccc(C)c(CCNC(=O)C(N)CC(C)C)c1. The monoisotopic (exact) mass is 262 g/mol. The largest absolute Gasteiger partial charge is 0.354 e. The summed E-state index contributed by atoms with van der Waals surface area (Å²) in [5.74, 6) is 0.402. The van der Waals surface area contributed by atoms with Gasteiger partial charge in [-0.2, -0.15) is 0 Å². The van der Waals surface area contributed by atoms with E-state index in [4.69, 9.17) is 5.73 Å². The van der Waals surface area contributed by atoms with Crippen LogP contribution in [0.3, 0.4) is 0 Å². The highest BCUT2D eigenvalue weighted by Gasteiger charge is 2.14. The van der Waals surface area contributed by atoms with Crippen LogP contribution in [-0.4, -0.2) is 18.5 Å². The predicted octanol–water partition coefficient (Wildman–Crippen LogP) is 2.34. The molecule has 0 bridgehead atoms. The van der Waals surface area contributed by atoms with Gasteiger partial charge in [0.05, 0.1) is 6.04 Å². The summed E-state index contributed by atoms with van der Waals surface area (Å²) in [5.41, 5.74) is 9.65. The van der Waals surface area contributed by atoms with Crippen molar-refractivity contribution in [2.75, 3.05) is 6.54 Å². The van der Waals surface area contributed by atoms with E-state index in [0.29, 0.717) is 12.5 Å². The van der Waals surface area contributed by atoms with E-state index >= 15 is 0 Å². The number of carbonyl (C=O) groups excluding carboxylic acids is 1. The van der Waals surface area contributed by atoms with Gasteiger partial charge in [-0.15, -0.1) is 0 Å². The Kier molecular flexibility index (Phi) is 6.03. The number of benzene rings is 1. The zero-order chi connectivity index (χ0) is 14.4. The van der Waals surface area contributed by atoms with Crippen molar-refractivity contribution in [2.45, 2.75) is 46.6 Å². The molecule has 0 saturated carbocycles. The van der Waals surface area contributed by atoms with Gasteiger partial charge in [0.25, 0.3) is 0 Å². The molecule has 0 aromatic heterocycles. The Hall–Kier alpha value is -1.35. The fourth-order valence-electron chi connectivity index (χ4n) is 2.14. The van der Waals surface area contributed by atoms with E-state index in [9.17, 15) is 4.79 Å². The Bertz CT molecular complexity index is 427. The van der Waals surface area contributed by atoms with Crippen LogP contribution in [0.5, 0.6) is 0 Å². The Morgan fingerprint density at radius 1 is 1.32 bits per heavy atom. The second-order valence-electron chi connectivity index (χ2n) is 5.71. The van der Waals surface area contributed by atoms with Crippen LogP contribution in [0.15, 0.2) is 18.2 Å². The van der Waals surface area contributed by atoms with Crippen LogP contribution in [0.25, 0.3) is 0 Å². The third kappa shape index (κ3) is 5.43. The normalized spacial score (nSPS) is 12.5. The van der Waals surface area contributed by atoms with Gasteiger partial charge in [-0.3, -0.25) is 4.79 Å². The van der Waals surface area contributed by atoms with Crippen LogP contribution in [-0.2, 0) is 11.2 Å². The lowest BCUT2D eigenvalue weighted by molar-refractivity contribution is -0.122. The van der Waals surface area contributed by atoms with Gasteiger partial charge in [0.15, 0.2) is 0 Å². The first-order valence-corrected chi connectivity index (χ1v) is 6.99. The lowest BCUT2D eigenvalue weighted by Crippen LogP contribution is -2.42. The van der Waals surface area contributed by atoms with Crippen LogP contribution in [0, 0.1) is 19.8 Å². The summed E-state index contributed by atoms with van der Waals surface area (Å²) in [6, 6.07) is 6.02. The van der Waals surface area contributed by atoms with Gasteiger partial charge in [0, 0.05) is 6.54 Å². The minimum Gasteiger partial charge on any atom is -0.354 e. The molecule has 1 rings (SSSR count). The van der Waals surface area contributed by atoms with E-state index in [0.717, 1.165) is 12.8 Å². The molecule has 0 radical (unpaired) electrons. The molecule has 0 aliphatic heterocycles. The maximum atomic E-state index is 11.8.